The quantitative estimate of drug-likeness (QED) is 0.925. The molecule has 0 bridgehead atoms. The Bertz CT molecular complexity index is 542. The largest absolute Gasteiger partial charge is 0.312 e. The van der Waals surface area contributed by atoms with E-state index in [1.54, 1.807) is 29.5 Å². The van der Waals surface area contributed by atoms with Gasteiger partial charge in [0.1, 0.15) is 5.82 Å². The molecule has 2 rings (SSSR count). The Labute approximate surface area is 115 Å². The Morgan fingerprint density at radius 3 is 2.89 bits per heavy atom. The van der Waals surface area contributed by atoms with Gasteiger partial charge in [-0.2, -0.15) is 0 Å². The number of aryl methyl sites for hydroxylation is 1. The van der Waals surface area contributed by atoms with Crippen LogP contribution in [0.5, 0.6) is 0 Å². The Balaban J connectivity index is 2.23. The highest BCUT2D eigenvalue weighted by atomic mass is 35.5. The van der Waals surface area contributed by atoms with Crippen LogP contribution in [0.3, 0.4) is 0 Å². The lowest BCUT2D eigenvalue weighted by molar-refractivity contribution is 0.559. The molecule has 1 atom stereocenters. The summed E-state index contributed by atoms with van der Waals surface area (Å²) in [4.78, 5) is 5.33. The first-order valence-corrected chi connectivity index (χ1v) is 6.83. The van der Waals surface area contributed by atoms with E-state index in [4.69, 9.17) is 11.6 Å². The van der Waals surface area contributed by atoms with Gasteiger partial charge in [0, 0.05) is 17.1 Å². The summed E-state index contributed by atoms with van der Waals surface area (Å²) in [6, 6.07) is 5.15. The number of aromatic nitrogens is 1. The molecule has 1 N–H and O–H groups in total. The van der Waals surface area contributed by atoms with Gasteiger partial charge >= 0.3 is 0 Å². The molecule has 1 heterocycles. The molecule has 0 aliphatic carbocycles. The number of likely N-dealkylation sites (N-methyl/N-ethyl adjacent to an activating group) is 1. The molecule has 0 amide bonds. The van der Waals surface area contributed by atoms with E-state index in [-0.39, 0.29) is 16.9 Å². The van der Waals surface area contributed by atoms with Crippen LogP contribution >= 0.6 is 22.9 Å². The van der Waals surface area contributed by atoms with Crippen molar-refractivity contribution >= 4 is 22.9 Å². The van der Waals surface area contributed by atoms with Crippen molar-refractivity contribution in [2.75, 3.05) is 7.05 Å². The Morgan fingerprint density at radius 1 is 1.50 bits per heavy atom. The van der Waals surface area contributed by atoms with Crippen LogP contribution in [0.1, 0.15) is 21.5 Å². The second-order valence-electron chi connectivity index (χ2n) is 4.04. The molecule has 2 aromatic rings. The second kappa shape index (κ2) is 5.78. The smallest absolute Gasteiger partial charge is 0.145 e. The van der Waals surface area contributed by atoms with E-state index in [1.807, 2.05) is 20.2 Å². The zero-order chi connectivity index (χ0) is 13.1. The fraction of sp³-hybridized carbons (Fsp3) is 0.308. The summed E-state index contributed by atoms with van der Waals surface area (Å²) in [6.45, 7) is 1.96. The number of hydrogen-bond donors (Lipinski definition) is 1. The second-order valence-corrected chi connectivity index (χ2v) is 5.71. The third kappa shape index (κ3) is 2.88. The molecule has 1 aromatic heterocycles. The van der Waals surface area contributed by atoms with Gasteiger partial charge in [0.25, 0.3) is 0 Å². The summed E-state index contributed by atoms with van der Waals surface area (Å²) < 4.78 is 13.8. The summed E-state index contributed by atoms with van der Waals surface area (Å²) >= 11 is 7.41. The van der Waals surface area contributed by atoms with Crippen molar-refractivity contribution in [3.8, 4) is 0 Å². The summed E-state index contributed by atoms with van der Waals surface area (Å²) in [5.41, 5.74) is 0.618. The minimum Gasteiger partial charge on any atom is -0.312 e. The number of hydrogen-bond acceptors (Lipinski definition) is 3. The summed E-state index contributed by atoms with van der Waals surface area (Å²) in [5.74, 6) is -0.333. The first-order valence-electron chi connectivity index (χ1n) is 5.64. The van der Waals surface area contributed by atoms with Crippen LogP contribution in [0.15, 0.2) is 24.4 Å². The number of thiazole rings is 1. The lowest BCUT2D eigenvalue weighted by atomic mass is 10.0. The van der Waals surface area contributed by atoms with E-state index in [0.29, 0.717) is 12.0 Å². The minimum absolute atomic E-state index is 0.0594. The highest BCUT2D eigenvalue weighted by molar-refractivity contribution is 7.11. The van der Waals surface area contributed by atoms with Crippen molar-refractivity contribution < 1.29 is 4.39 Å². The van der Waals surface area contributed by atoms with Crippen molar-refractivity contribution in [3.05, 3.63) is 50.7 Å². The number of rotatable bonds is 4. The van der Waals surface area contributed by atoms with Gasteiger partial charge in [-0.25, -0.2) is 9.37 Å². The lowest BCUT2D eigenvalue weighted by Crippen LogP contribution is -2.18. The third-order valence-electron chi connectivity index (χ3n) is 2.79. The van der Waals surface area contributed by atoms with Crippen LogP contribution < -0.4 is 5.32 Å². The normalized spacial score (nSPS) is 12.7. The molecule has 0 saturated heterocycles. The van der Waals surface area contributed by atoms with Gasteiger partial charge in [0.05, 0.1) is 10.0 Å². The minimum atomic E-state index is -0.333. The summed E-state index contributed by atoms with van der Waals surface area (Å²) in [7, 11) is 1.86. The van der Waals surface area contributed by atoms with Crippen LogP contribution in [0, 0.1) is 12.7 Å². The molecular weight excluding hydrogens is 271 g/mol. The average Bonchev–Trinajstić information content (AvgIpc) is 2.78. The maximum absolute atomic E-state index is 13.8. The Kier molecular flexibility index (Phi) is 4.32. The molecule has 1 aromatic carbocycles. The number of nitrogens with one attached hydrogen (secondary N) is 1. The van der Waals surface area contributed by atoms with Crippen LogP contribution in [0.2, 0.25) is 5.02 Å². The maximum atomic E-state index is 13.8. The third-order valence-corrected chi connectivity index (χ3v) is 4.11. The van der Waals surface area contributed by atoms with Crippen molar-refractivity contribution in [1.29, 1.82) is 0 Å². The van der Waals surface area contributed by atoms with Crippen molar-refractivity contribution in [2.45, 2.75) is 19.4 Å². The first-order chi connectivity index (χ1) is 8.61. The molecular formula is C13H14ClFN2S. The predicted octanol–water partition coefficient (Wildman–Crippen LogP) is 3.75. The van der Waals surface area contributed by atoms with E-state index < -0.39 is 0 Å². The lowest BCUT2D eigenvalue weighted by Gasteiger charge is -2.14. The molecule has 0 aliphatic rings. The molecule has 0 radical (unpaired) electrons. The molecule has 18 heavy (non-hydrogen) atoms. The van der Waals surface area contributed by atoms with E-state index in [1.165, 1.54) is 0 Å². The van der Waals surface area contributed by atoms with Crippen molar-refractivity contribution in [1.82, 2.24) is 10.3 Å². The fourth-order valence-electron chi connectivity index (χ4n) is 1.81. The van der Waals surface area contributed by atoms with Gasteiger partial charge in [0.2, 0.25) is 0 Å². The highest BCUT2D eigenvalue weighted by Gasteiger charge is 2.16. The van der Waals surface area contributed by atoms with Gasteiger partial charge in [-0.1, -0.05) is 23.7 Å². The van der Waals surface area contributed by atoms with Crippen molar-refractivity contribution in [3.63, 3.8) is 0 Å². The molecule has 0 spiro atoms. The number of benzene rings is 1. The fourth-order valence-corrected chi connectivity index (χ4v) is 2.90. The molecule has 0 fully saturated rings. The molecule has 2 nitrogen and oxygen atoms in total. The van der Waals surface area contributed by atoms with Crippen LogP contribution in [-0.2, 0) is 6.42 Å². The molecule has 0 saturated carbocycles. The van der Waals surface area contributed by atoms with Gasteiger partial charge in [-0.05, 0) is 32.0 Å². The standard InChI is InChI=1S/C13H14ClFN2S/c1-8-17-7-12(18-8)11(16-2)6-9-4-3-5-10(14)13(9)15/h3-5,7,11,16H,6H2,1-2H3. The Hall–Kier alpha value is -0.970. The summed E-state index contributed by atoms with van der Waals surface area (Å²) in [5, 5.41) is 4.37. The Morgan fingerprint density at radius 2 is 2.28 bits per heavy atom. The first kappa shape index (κ1) is 13.5. The van der Waals surface area contributed by atoms with Gasteiger partial charge in [-0.15, -0.1) is 11.3 Å². The number of nitrogens with zero attached hydrogens (tertiary/aromatic N) is 1. The van der Waals surface area contributed by atoms with Crippen LogP contribution in [0.4, 0.5) is 4.39 Å². The van der Waals surface area contributed by atoms with Gasteiger partial charge < -0.3 is 5.32 Å². The topological polar surface area (TPSA) is 24.9 Å². The van der Waals surface area contributed by atoms with Gasteiger partial charge in [0.15, 0.2) is 0 Å². The predicted molar refractivity (Wildman–Crippen MR) is 73.8 cm³/mol. The number of halogens is 2. The van der Waals surface area contributed by atoms with Gasteiger partial charge in [-0.3, -0.25) is 0 Å². The SMILES string of the molecule is CNC(Cc1cccc(Cl)c1F)c1cnc(C)s1. The zero-order valence-corrected chi connectivity index (χ0v) is 11.8. The molecule has 96 valence electrons. The summed E-state index contributed by atoms with van der Waals surface area (Å²) in [6.07, 6.45) is 2.40. The van der Waals surface area contributed by atoms with E-state index in [0.717, 1.165) is 9.88 Å². The van der Waals surface area contributed by atoms with Crippen LogP contribution in [0.25, 0.3) is 0 Å². The zero-order valence-electron chi connectivity index (χ0n) is 10.2. The van der Waals surface area contributed by atoms with Crippen LogP contribution in [-0.4, -0.2) is 12.0 Å². The molecule has 1 unspecified atom stereocenters. The van der Waals surface area contributed by atoms with Crippen molar-refractivity contribution in [2.24, 2.45) is 0 Å². The molecule has 5 heteroatoms. The van der Waals surface area contributed by atoms with E-state index >= 15 is 0 Å². The van der Waals surface area contributed by atoms with E-state index in [2.05, 4.69) is 10.3 Å². The van der Waals surface area contributed by atoms with E-state index in [9.17, 15) is 4.39 Å². The maximum Gasteiger partial charge on any atom is 0.145 e. The highest BCUT2D eigenvalue weighted by Crippen LogP contribution is 2.26. The molecule has 0 aliphatic heterocycles. The monoisotopic (exact) mass is 284 g/mol. The average molecular weight is 285 g/mol.